The minimum Gasteiger partial charge on any atom is -0.497 e. The van der Waals surface area contributed by atoms with Crippen LogP contribution in [0.1, 0.15) is 77.3 Å². The number of imidazole rings is 1. The van der Waals surface area contributed by atoms with Crippen LogP contribution in [0.15, 0.2) is 90.0 Å². The van der Waals surface area contributed by atoms with Crippen molar-refractivity contribution >= 4 is 31.5 Å². The highest BCUT2D eigenvalue weighted by molar-refractivity contribution is 7.44. The molecule has 0 saturated carbocycles. The topological polar surface area (TPSA) is 175 Å². The average Bonchev–Trinajstić information content (AvgIpc) is 3.85. The lowest BCUT2D eigenvalue weighted by Gasteiger charge is -2.39. The fourth-order valence-electron chi connectivity index (χ4n) is 7.28. The van der Waals surface area contributed by atoms with Gasteiger partial charge in [-0.05, 0) is 68.7 Å². The van der Waals surface area contributed by atoms with Crippen LogP contribution in [0.4, 0.5) is 5.95 Å². The Labute approximate surface area is 351 Å². The lowest BCUT2D eigenvalue weighted by Crippen LogP contribution is -2.39. The first-order chi connectivity index (χ1) is 28.9. The first kappa shape index (κ1) is 44.4. The van der Waals surface area contributed by atoms with Gasteiger partial charge in [0.2, 0.25) is 11.9 Å². The van der Waals surface area contributed by atoms with Gasteiger partial charge in [-0.25, -0.2) is 9.65 Å². The zero-order valence-corrected chi connectivity index (χ0v) is 36.2. The highest BCUT2D eigenvalue weighted by Crippen LogP contribution is 2.51. The molecule has 0 aliphatic carbocycles. The van der Waals surface area contributed by atoms with Gasteiger partial charge in [0, 0.05) is 24.4 Å². The van der Waals surface area contributed by atoms with E-state index in [1.807, 2.05) is 78.9 Å². The number of aromatic amines is 1. The van der Waals surface area contributed by atoms with Crippen molar-refractivity contribution < 1.29 is 32.8 Å². The van der Waals surface area contributed by atoms with Crippen LogP contribution in [0.25, 0.3) is 11.2 Å². The molecule has 0 bridgehead atoms. The summed E-state index contributed by atoms with van der Waals surface area (Å²) in [6.45, 7) is 12.0. The van der Waals surface area contributed by atoms with Crippen LogP contribution in [0, 0.1) is 17.2 Å². The third-order valence-electron chi connectivity index (χ3n) is 10.2. The van der Waals surface area contributed by atoms with Crippen molar-refractivity contribution in [2.45, 2.75) is 90.5 Å². The van der Waals surface area contributed by atoms with Crippen LogP contribution >= 0.6 is 8.53 Å². The lowest BCUT2D eigenvalue weighted by atomic mass is 9.80. The quantitative estimate of drug-likeness (QED) is 0.0273. The molecule has 4 atom stereocenters. The fraction of sp³-hybridized carbons (Fsp3) is 0.432. The molecule has 15 nitrogen and oxygen atoms in total. The van der Waals surface area contributed by atoms with Crippen molar-refractivity contribution in [2.75, 3.05) is 32.8 Å². The van der Waals surface area contributed by atoms with E-state index in [-0.39, 0.29) is 60.7 Å². The van der Waals surface area contributed by atoms with Crippen LogP contribution in [0.2, 0.25) is 0 Å². The summed E-state index contributed by atoms with van der Waals surface area (Å²) in [5, 5.41) is 12.1. The van der Waals surface area contributed by atoms with E-state index in [9.17, 15) is 14.9 Å². The van der Waals surface area contributed by atoms with Gasteiger partial charge in [0.1, 0.15) is 29.4 Å². The van der Waals surface area contributed by atoms with Crippen LogP contribution in [-0.4, -0.2) is 81.8 Å². The highest BCUT2D eigenvalue weighted by atomic mass is 31.2. The Hall–Kier alpha value is -5.20. The zero-order valence-electron chi connectivity index (χ0n) is 35.3. The number of rotatable bonds is 19. The molecule has 0 radical (unpaired) electrons. The number of nitriles is 1. The summed E-state index contributed by atoms with van der Waals surface area (Å²) in [6.07, 6.45) is -0.0106. The second-order valence-corrected chi connectivity index (χ2v) is 16.7. The molecule has 1 saturated heterocycles. The first-order valence-electron chi connectivity index (χ1n) is 20.1. The standard InChI is InChI=1S/C44H54N7O8P/c1-28(2)41(52)48-43-47-40-39(42(53)49-43)46-27-50(40)38-25-36(59-60(57-24-12-23-45)51(29(3)4)30(5)6)37(58-38)26-56-44(31-13-10-9-11-14-31,32-15-19-34(54-7)20-16-32)33-17-21-35(55-8)22-18-33/h9-11,13-22,27-30,36-38H,12,24-26H2,1-8H3,(H2,47,48,49,52,53)/t36-,37+,38+,60?/m0/s1/i25+1,26+1,27+1,36+1,37+1,38+1,39+1,40+1,42+1,43+1,46+1,47+1,48+1,49+1,50+1. The van der Waals surface area contributed by atoms with E-state index in [4.69, 9.17) is 28.0 Å². The summed E-state index contributed by atoms with van der Waals surface area (Å²) in [6, 6.07) is 27.8. The Morgan fingerprint density at radius 2 is 1.57 bits per heavy atom. The number of fused-ring (bicyclic) bond motifs is 1. The Bertz CT molecular complexity index is 2220. The number of benzene rings is 3. The number of hydrogen-bond acceptors (Lipinski definition) is 12. The Morgan fingerprint density at radius 1 is 0.967 bits per heavy atom. The molecule has 16 heteroatoms. The molecule has 318 valence electrons. The van der Waals surface area contributed by atoms with Gasteiger partial charge in [0.15, 0.2) is 11.2 Å². The van der Waals surface area contributed by atoms with Crippen molar-refractivity contribution in [1.82, 2.24) is 24.2 Å². The van der Waals surface area contributed by atoms with Gasteiger partial charge >= 0.3 is 0 Å². The van der Waals surface area contributed by atoms with Gasteiger partial charge in [0.25, 0.3) is 14.1 Å². The van der Waals surface area contributed by atoms with Crippen LogP contribution in [0.5, 0.6) is 11.5 Å². The number of carbonyl (C=O) groups is 1. The summed E-state index contributed by atoms with van der Waals surface area (Å²) >= 11 is 0. The molecule has 60 heavy (non-hydrogen) atoms. The number of ether oxygens (including phenoxy) is 4. The van der Waals surface area contributed by atoms with E-state index >= 15 is 0 Å². The maximum absolute atomic E-state index is 13.2. The number of H-pyrrole nitrogens is 1. The number of amides is 1. The molecule has 6 rings (SSSR count). The van der Waals surface area contributed by atoms with Gasteiger partial charge in [-0.3, -0.25) is 24.5 Å². The third-order valence-corrected chi connectivity index (χ3v) is 12.4. The summed E-state index contributed by atoms with van der Waals surface area (Å²) in [5.41, 5.74) is 1.24. The van der Waals surface area contributed by atoms with E-state index in [0.29, 0.717) is 17.9 Å². The van der Waals surface area contributed by atoms with Gasteiger partial charge in [0.05, 0.1) is 52.4 Å². The largest absolute Gasteiger partial charge is 0.497 e. The molecular weight excluding hydrogens is 800 g/mol. The second-order valence-electron chi connectivity index (χ2n) is 15.3. The Balaban J connectivity index is 1.45. The van der Waals surface area contributed by atoms with Crippen molar-refractivity contribution in [3.63, 3.8) is 0 Å². The zero-order chi connectivity index (χ0) is 43.0. The van der Waals surface area contributed by atoms with Crippen molar-refractivity contribution in [1.29, 1.82) is 5.26 Å². The van der Waals surface area contributed by atoms with Crippen LogP contribution in [-0.2, 0) is 28.9 Å². The number of anilines is 1. The summed E-state index contributed by atoms with van der Waals surface area (Å²) in [7, 11) is 1.56. The highest BCUT2D eigenvalue weighted by Gasteiger charge is 2.45. The number of nitrogens with zero attached hydrogens (tertiary/aromatic N) is 5. The molecule has 2 aromatic heterocycles. The number of carbonyl (C=O) groups excluding carboxylic acids is 1. The van der Waals surface area contributed by atoms with Crippen molar-refractivity contribution in [3.8, 4) is 17.6 Å². The smallest absolute Gasteiger partial charge is 0.280 e. The summed E-state index contributed by atoms with van der Waals surface area (Å²) in [4.78, 5) is 37.4. The molecular formula is C44H54N7O8P. The first-order valence-corrected chi connectivity index (χ1v) is 21.2. The van der Waals surface area contributed by atoms with E-state index in [1.54, 1.807) is 32.6 Å². The predicted octanol–water partition coefficient (Wildman–Crippen LogP) is 7.69. The number of hydrogen-bond donors (Lipinski definition) is 2. The number of aromatic nitrogens is 4. The SMILES string of the molecule is COc1ccc(C(O[13CH2][13C@H]2O[13C@@H]([15n]3[13cH][15n][13c]4[13c](=O)[15nH][13c]([15NH]C(=O)C(C)C)[15n][13c]43)[13CH2][13C@@H]2OP(OCCC#N)N(C(C)C)C(C)C)(c2ccccc2)c2ccc(OC)cc2)cc1. The van der Waals surface area contributed by atoms with E-state index in [0.717, 1.165) is 16.7 Å². The van der Waals surface area contributed by atoms with Gasteiger partial charge in [-0.1, -0.05) is 68.4 Å². The van der Waals surface area contributed by atoms with E-state index in [1.165, 1.54) is 6.33 Å². The molecule has 1 aliphatic heterocycles. The van der Waals surface area contributed by atoms with Crippen molar-refractivity contribution in [2.24, 2.45) is 5.92 Å². The average molecular weight is 855 g/mol. The molecule has 2 N–H and O–H groups in total. The van der Waals surface area contributed by atoms with Gasteiger partial charge in [-0.2, -0.15) is 10.2 Å². The van der Waals surface area contributed by atoms with Gasteiger partial charge in [-0.15, -0.1) is 0 Å². The van der Waals surface area contributed by atoms with Gasteiger partial charge < -0.3 is 28.0 Å². The molecule has 1 fully saturated rings. The molecule has 5 aromatic rings. The molecule has 0 spiro atoms. The normalized spacial score (nSPS) is 17.4. The minimum absolute atomic E-state index is 0.00387. The molecule has 1 amide bonds. The number of nitrogens with one attached hydrogen (secondary N) is 2. The van der Waals surface area contributed by atoms with Crippen molar-refractivity contribution in [3.05, 3.63) is 112 Å². The molecule has 3 heterocycles. The predicted molar refractivity (Wildman–Crippen MR) is 228 cm³/mol. The summed E-state index contributed by atoms with van der Waals surface area (Å²) in [5.74, 6) is 0.758. The molecule has 1 unspecified atom stereocenters. The van der Waals surface area contributed by atoms with E-state index < -0.39 is 38.1 Å². The maximum Gasteiger partial charge on any atom is 0.280 e. The minimum atomic E-state index is -1.70. The lowest BCUT2D eigenvalue weighted by molar-refractivity contribution is -0.118. The maximum atomic E-state index is 13.2. The van der Waals surface area contributed by atoms with Crippen LogP contribution in [0.3, 0.4) is 0 Å². The van der Waals surface area contributed by atoms with E-state index in [2.05, 4.69) is 58.7 Å². The Kier molecular flexibility index (Phi) is 14.7. The fourth-order valence-corrected chi connectivity index (χ4v) is 9.04. The number of methoxy groups -OCH3 is 2. The van der Waals surface area contributed by atoms with Crippen LogP contribution < -0.4 is 20.3 Å². The molecule has 3 aromatic carbocycles. The second kappa shape index (κ2) is 19.9. The third kappa shape index (κ3) is 9.71. The molecule has 1 aliphatic rings. The Morgan fingerprint density at radius 3 is 2.12 bits per heavy atom. The monoisotopic (exact) mass is 854 g/mol. The summed E-state index contributed by atoms with van der Waals surface area (Å²) < 4.78 is 42.5.